The van der Waals surface area contributed by atoms with E-state index in [4.69, 9.17) is 4.74 Å². The van der Waals surface area contributed by atoms with Gasteiger partial charge in [0.2, 0.25) is 0 Å². The van der Waals surface area contributed by atoms with Gasteiger partial charge in [0.25, 0.3) is 0 Å². The molecule has 0 amide bonds. The highest BCUT2D eigenvalue weighted by molar-refractivity contribution is 5.17. The Morgan fingerprint density at radius 1 is 1.25 bits per heavy atom. The topological polar surface area (TPSA) is 24.5 Å². The highest BCUT2D eigenvalue weighted by Gasteiger charge is 2.38. The van der Waals surface area contributed by atoms with Crippen LogP contribution in [0.5, 0.6) is 0 Å². The van der Waals surface area contributed by atoms with Gasteiger partial charge in [-0.3, -0.25) is 4.90 Å². The summed E-state index contributed by atoms with van der Waals surface area (Å²) in [5.41, 5.74) is 1.63. The Morgan fingerprint density at radius 2 is 2.00 bits per heavy atom. The van der Waals surface area contributed by atoms with Crippen LogP contribution in [0.4, 0.5) is 0 Å². The van der Waals surface area contributed by atoms with E-state index in [1.807, 2.05) is 6.26 Å². The van der Waals surface area contributed by atoms with Crippen LogP contribution in [0, 0.1) is 0 Å². The van der Waals surface area contributed by atoms with E-state index in [0.717, 1.165) is 19.6 Å². The zero-order chi connectivity index (χ0) is 14.4. The summed E-state index contributed by atoms with van der Waals surface area (Å²) in [5, 5.41) is 3.79. The van der Waals surface area contributed by atoms with Crippen molar-refractivity contribution in [2.24, 2.45) is 0 Å². The first kappa shape index (κ1) is 15.8. The molecule has 0 bridgehead atoms. The smallest absolute Gasteiger partial charge is 0.0876 e. The van der Waals surface area contributed by atoms with E-state index in [0.29, 0.717) is 6.04 Å². The van der Waals surface area contributed by atoms with Crippen LogP contribution in [0.25, 0.3) is 0 Å². The van der Waals surface area contributed by atoms with Gasteiger partial charge < -0.3 is 10.1 Å². The summed E-state index contributed by atoms with van der Waals surface area (Å²) < 4.78 is 5.60. The fourth-order valence-corrected chi connectivity index (χ4v) is 3.57. The zero-order valence-corrected chi connectivity index (χ0v) is 13.6. The van der Waals surface area contributed by atoms with E-state index in [2.05, 4.69) is 31.0 Å². The van der Waals surface area contributed by atoms with Crippen LogP contribution in [0.2, 0.25) is 0 Å². The average Bonchev–Trinajstić information content (AvgIpc) is 2.49. The van der Waals surface area contributed by atoms with Crippen molar-refractivity contribution in [3.63, 3.8) is 0 Å². The molecule has 0 aromatic carbocycles. The minimum absolute atomic E-state index is 0.169. The van der Waals surface area contributed by atoms with Crippen LogP contribution in [-0.2, 0) is 4.74 Å². The van der Waals surface area contributed by atoms with Crippen molar-refractivity contribution < 1.29 is 4.74 Å². The molecule has 0 aromatic heterocycles. The number of piperidine rings is 1. The molecular formula is C17H32N2O. The number of rotatable bonds is 6. The van der Waals surface area contributed by atoms with E-state index < -0.39 is 0 Å². The Bertz CT molecular complexity index is 319. The predicted molar refractivity (Wildman–Crippen MR) is 84.9 cm³/mol. The molecule has 0 spiro atoms. The van der Waals surface area contributed by atoms with Crippen LogP contribution >= 0.6 is 0 Å². The molecule has 116 valence electrons. The number of nitrogens with one attached hydrogen (secondary N) is 1. The maximum absolute atomic E-state index is 5.60. The van der Waals surface area contributed by atoms with Gasteiger partial charge in [-0.05, 0) is 71.2 Å². The molecule has 1 saturated heterocycles. The van der Waals surface area contributed by atoms with Gasteiger partial charge in [-0.15, -0.1) is 0 Å². The maximum Gasteiger partial charge on any atom is 0.0876 e. The largest absolute Gasteiger partial charge is 0.501 e. The first-order chi connectivity index (χ1) is 9.66. The molecule has 1 atom stereocenters. The Kier molecular flexibility index (Phi) is 5.91. The van der Waals surface area contributed by atoms with Gasteiger partial charge in [0.05, 0.1) is 12.9 Å². The van der Waals surface area contributed by atoms with Crippen molar-refractivity contribution in [2.45, 2.75) is 70.9 Å². The quantitative estimate of drug-likeness (QED) is 0.808. The molecule has 0 saturated carbocycles. The van der Waals surface area contributed by atoms with E-state index in [9.17, 15) is 0 Å². The minimum Gasteiger partial charge on any atom is -0.501 e. The molecule has 1 fully saturated rings. The van der Waals surface area contributed by atoms with Crippen molar-refractivity contribution >= 4 is 0 Å². The highest BCUT2D eigenvalue weighted by Crippen LogP contribution is 2.30. The van der Waals surface area contributed by atoms with Gasteiger partial charge in [-0.2, -0.15) is 0 Å². The van der Waals surface area contributed by atoms with Gasteiger partial charge in [0.1, 0.15) is 0 Å². The van der Waals surface area contributed by atoms with Crippen molar-refractivity contribution in [1.82, 2.24) is 10.2 Å². The minimum atomic E-state index is 0.169. The lowest BCUT2D eigenvalue weighted by atomic mass is 9.83. The van der Waals surface area contributed by atoms with E-state index in [1.54, 1.807) is 0 Å². The highest BCUT2D eigenvalue weighted by atomic mass is 16.5. The second-order valence-electron chi connectivity index (χ2n) is 6.76. The Morgan fingerprint density at radius 3 is 2.60 bits per heavy atom. The van der Waals surface area contributed by atoms with Crippen molar-refractivity contribution in [1.29, 1.82) is 0 Å². The molecule has 2 aliphatic heterocycles. The molecular weight excluding hydrogens is 248 g/mol. The van der Waals surface area contributed by atoms with Gasteiger partial charge in [0, 0.05) is 11.6 Å². The number of hydrogen-bond acceptors (Lipinski definition) is 3. The Balaban J connectivity index is 2.12. The van der Waals surface area contributed by atoms with Crippen LogP contribution < -0.4 is 5.32 Å². The van der Waals surface area contributed by atoms with Crippen molar-refractivity contribution in [3.8, 4) is 0 Å². The number of ether oxygens (including phenoxy) is 1. The molecule has 1 unspecified atom stereocenters. The number of nitrogens with zero attached hydrogens (tertiary/aromatic N) is 1. The van der Waals surface area contributed by atoms with Gasteiger partial charge in [-0.25, -0.2) is 0 Å². The van der Waals surface area contributed by atoms with Crippen LogP contribution in [0.1, 0.15) is 59.3 Å². The third-order valence-corrected chi connectivity index (χ3v) is 4.81. The van der Waals surface area contributed by atoms with E-state index in [1.165, 1.54) is 50.8 Å². The third kappa shape index (κ3) is 3.76. The first-order valence-electron chi connectivity index (χ1n) is 8.45. The molecule has 20 heavy (non-hydrogen) atoms. The maximum atomic E-state index is 5.60. The van der Waals surface area contributed by atoms with Gasteiger partial charge >= 0.3 is 0 Å². The van der Waals surface area contributed by atoms with Crippen LogP contribution in [0.3, 0.4) is 0 Å². The van der Waals surface area contributed by atoms with Crippen molar-refractivity contribution in [2.75, 3.05) is 26.2 Å². The van der Waals surface area contributed by atoms with Gasteiger partial charge in [0.15, 0.2) is 0 Å². The third-order valence-electron chi connectivity index (χ3n) is 4.81. The Labute approximate surface area is 124 Å². The Hall–Kier alpha value is -0.540. The molecule has 1 N–H and O–H groups in total. The average molecular weight is 280 g/mol. The monoisotopic (exact) mass is 280 g/mol. The van der Waals surface area contributed by atoms with Crippen molar-refractivity contribution in [3.05, 3.63) is 11.8 Å². The lowest BCUT2D eigenvalue weighted by molar-refractivity contribution is 0.0671. The predicted octanol–water partition coefficient (Wildman–Crippen LogP) is 3.31. The lowest BCUT2D eigenvalue weighted by Crippen LogP contribution is -2.60. The molecule has 3 heteroatoms. The summed E-state index contributed by atoms with van der Waals surface area (Å²) in [7, 11) is 0. The molecule has 2 heterocycles. The standard InChI is InChI=1S/C17H32N2O/c1-4-10-18-16(15-9-8-13-20-14-15)17(2,3)19-11-6-5-7-12-19/h14,16,18H,4-13H2,1-3H3. The fourth-order valence-electron chi connectivity index (χ4n) is 3.57. The second kappa shape index (κ2) is 7.46. The summed E-state index contributed by atoms with van der Waals surface area (Å²) in [6.45, 7) is 11.5. The van der Waals surface area contributed by atoms with Gasteiger partial charge in [-0.1, -0.05) is 13.3 Å². The molecule has 0 aromatic rings. The second-order valence-corrected chi connectivity index (χ2v) is 6.76. The summed E-state index contributed by atoms with van der Waals surface area (Å²) in [6, 6.07) is 0.417. The summed E-state index contributed by atoms with van der Waals surface area (Å²) in [5.74, 6) is 0. The molecule has 3 nitrogen and oxygen atoms in total. The molecule has 2 aliphatic rings. The van der Waals surface area contributed by atoms with Crippen LogP contribution in [0.15, 0.2) is 11.8 Å². The fraction of sp³-hybridized carbons (Fsp3) is 0.882. The lowest BCUT2D eigenvalue weighted by Gasteiger charge is -2.47. The SMILES string of the molecule is CCCNC(C1=COCCC1)C(C)(C)N1CCCCC1. The van der Waals surface area contributed by atoms with E-state index in [-0.39, 0.29) is 5.54 Å². The van der Waals surface area contributed by atoms with Crippen LogP contribution in [-0.4, -0.2) is 42.7 Å². The molecule has 2 rings (SSSR count). The summed E-state index contributed by atoms with van der Waals surface area (Å²) in [6.07, 6.45) is 9.64. The van der Waals surface area contributed by atoms with E-state index >= 15 is 0 Å². The number of hydrogen-bond donors (Lipinski definition) is 1. The normalized spacial score (nSPS) is 23.1. The molecule has 0 radical (unpaired) electrons. The number of likely N-dealkylation sites (tertiary alicyclic amines) is 1. The summed E-state index contributed by atoms with van der Waals surface area (Å²) in [4.78, 5) is 2.68. The first-order valence-corrected chi connectivity index (χ1v) is 8.45. The molecule has 0 aliphatic carbocycles. The summed E-state index contributed by atoms with van der Waals surface area (Å²) >= 11 is 0. The zero-order valence-electron chi connectivity index (χ0n) is 13.6.